The summed E-state index contributed by atoms with van der Waals surface area (Å²) in [7, 11) is -4.15. The molecule has 0 aliphatic carbocycles. The lowest BCUT2D eigenvalue weighted by Crippen LogP contribution is -2.46. The van der Waals surface area contributed by atoms with E-state index in [-0.39, 0.29) is 17.1 Å². The largest absolute Gasteiger partial charge is 0.337 e. The first kappa shape index (κ1) is 25.4. The number of ketones is 1. The smallest absolute Gasteiger partial charge is 0.331 e. The SMILES string of the molecule is CCCCCCCCCC(=O)CN(C(=O)NCCC)S(=O)(=O)c1ccc(Cl)cc1. The van der Waals surface area contributed by atoms with Gasteiger partial charge in [-0.2, -0.15) is 0 Å². The minimum atomic E-state index is -4.15. The summed E-state index contributed by atoms with van der Waals surface area (Å²) in [4.78, 5) is 24.8. The maximum atomic E-state index is 12.9. The number of benzene rings is 1. The zero-order valence-electron chi connectivity index (χ0n) is 17.5. The highest BCUT2D eigenvalue weighted by atomic mass is 35.5. The summed E-state index contributed by atoms with van der Waals surface area (Å²) in [5, 5.41) is 2.94. The number of hydrogen-bond donors (Lipinski definition) is 1. The number of nitrogens with one attached hydrogen (secondary N) is 1. The molecule has 164 valence electrons. The van der Waals surface area contributed by atoms with Crippen molar-refractivity contribution in [3.05, 3.63) is 29.3 Å². The maximum Gasteiger partial charge on any atom is 0.331 e. The molecule has 0 spiro atoms. The first-order chi connectivity index (χ1) is 13.8. The van der Waals surface area contributed by atoms with E-state index < -0.39 is 22.6 Å². The Bertz CT molecular complexity index is 736. The van der Waals surface area contributed by atoms with Crippen molar-refractivity contribution in [2.45, 2.75) is 76.5 Å². The van der Waals surface area contributed by atoms with Gasteiger partial charge in [0.1, 0.15) is 0 Å². The topological polar surface area (TPSA) is 83.6 Å². The summed E-state index contributed by atoms with van der Waals surface area (Å²) in [5.74, 6) is -0.261. The highest BCUT2D eigenvalue weighted by molar-refractivity contribution is 7.89. The van der Waals surface area contributed by atoms with E-state index in [4.69, 9.17) is 11.6 Å². The highest BCUT2D eigenvalue weighted by Gasteiger charge is 2.30. The highest BCUT2D eigenvalue weighted by Crippen LogP contribution is 2.19. The lowest BCUT2D eigenvalue weighted by atomic mass is 10.1. The normalized spacial score (nSPS) is 11.3. The number of nitrogens with zero attached hydrogens (tertiary/aromatic N) is 1. The van der Waals surface area contributed by atoms with Gasteiger partial charge in [0.2, 0.25) is 0 Å². The van der Waals surface area contributed by atoms with Gasteiger partial charge in [0.05, 0.1) is 11.4 Å². The fourth-order valence-electron chi connectivity index (χ4n) is 2.84. The Labute approximate surface area is 180 Å². The van der Waals surface area contributed by atoms with Crippen molar-refractivity contribution >= 4 is 33.4 Å². The molecule has 0 aliphatic heterocycles. The molecule has 0 heterocycles. The molecule has 0 unspecified atom stereocenters. The minimum Gasteiger partial charge on any atom is -0.337 e. The number of Topliss-reactive ketones (excluding diaryl/α,β-unsaturated/α-hetero) is 1. The molecule has 1 aromatic rings. The van der Waals surface area contributed by atoms with Crippen LogP contribution in [0.1, 0.15) is 71.6 Å². The van der Waals surface area contributed by atoms with Crippen LogP contribution in [0.2, 0.25) is 5.02 Å². The molecule has 1 aromatic carbocycles. The van der Waals surface area contributed by atoms with Crippen molar-refractivity contribution in [3.8, 4) is 0 Å². The standard InChI is InChI=1S/C21H33ClN2O4S/c1-3-5-6-7-8-9-10-11-19(25)17-24(21(26)23-16-4-2)29(27,28)20-14-12-18(22)13-15-20/h12-15H,3-11,16-17H2,1-2H3,(H,23,26). The van der Waals surface area contributed by atoms with E-state index in [1.165, 1.54) is 43.5 Å². The van der Waals surface area contributed by atoms with Crippen molar-refractivity contribution in [2.24, 2.45) is 0 Å². The third-order valence-corrected chi connectivity index (χ3v) is 6.53. The van der Waals surface area contributed by atoms with Crippen LogP contribution in [0.5, 0.6) is 0 Å². The number of urea groups is 1. The Kier molecular flexibility index (Phi) is 11.9. The molecule has 0 saturated heterocycles. The summed E-state index contributed by atoms with van der Waals surface area (Å²) in [6.07, 6.45) is 8.40. The summed E-state index contributed by atoms with van der Waals surface area (Å²) < 4.78 is 26.5. The Morgan fingerprint density at radius 2 is 1.52 bits per heavy atom. The molecule has 8 heteroatoms. The Hall–Kier alpha value is -1.60. The second-order valence-corrected chi connectivity index (χ2v) is 9.41. The van der Waals surface area contributed by atoms with Crippen LogP contribution in [0.4, 0.5) is 4.79 Å². The second-order valence-electron chi connectivity index (χ2n) is 7.11. The molecule has 0 aromatic heterocycles. The van der Waals surface area contributed by atoms with Crippen LogP contribution in [0.3, 0.4) is 0 Å². The molecule has 1 N–H and O–H groups in total. The zero-order valence-corrected chi connectivity index (χ0v) is 19.0. The van der Waals surface area contributed by atoms with E-state index >= 15 is 0 Å². The Balaban J connectivity index is 2.74. The number of hydrogen-bond acceptors (Lipinski definition) is 4. The van der Waals surface area contributed by atoms with Crippen LogP contribution in [0, 0.1) is 0 Å². The number of carbonyl (C=O) groups is 2. The van der Waals surface area contributed by atoms with Gasteiger partial charge in [0, 0.05) is 18.0 Å². The fraction of sp³-hybridized carbons (Fsp3) is 0.619. The molecule has 1 rings (SSSR count). The average Bonchev–Trinajstić information content (AvgIpc) is 2.69. The molecular weight excluding hydrogens is 412 g/mol. The molecule has 29 heavy (non-hydrogen) atoms. The molecule has 0 aliphatic rings. The minimum absolute atomic E-state index is 0.0720. The van der Waals surface area contributed by atoms with Crippen molar-refractivity contribution in [3.63, 3.8) is 0 Å². The Morgan fingerprint density at radius 1 is 0.931 bits per heavy atom. The number of unbranched alkanes of at least 4 members (excludes halogenated alkanes) is 6. The molecule has 6 nitrogen and oxygen atoms in total. The van der Waals surface area contributed by atoms with Crippen molar-refractivity contribution in [2.75, 3.05) is 13.1 Å². The molecule has 0 saturated carbocycles. The van der Waals surface area contributed by atoms with Gasteiger partial charge < -0.3 is 5.32 Å². The van der Waals surface area contributed by atoms with Crippen molar-refractivity contribution in [1.82, 2.24) is 9.62 Å². The maximum absolute atomic E-state index is 12.9. The van der Waals surface area contributed by atoms with Crippen LogP contribution >= 0.6 is 11.6 Å². The predicted molar refractivity (Wildman–Crippen MR) is 117 cm³/mol. The number of halogens is 1. The fourth-order valence-corrected chi connectivity index (χ4v) is 4.30. The number of sulfonamides is 1. The zero-order chi connectivity index (χ0) is 21.7. The Morgan fingerprint density at radius 3 is 2.10 bits per heavy atom. The average molecular weight is 445 g/mol. The number of amides is 2. The first-order valence-electron chi connectivity index (χ1n) is 10.4. The van der Waals surface area contributed by atoms with Crippen LogP contribution in [-0.2, 0) is 14.8 Å². The van der Waals surface area contributed by atoms with Crippen molar-refractivity contribution in [1.29, 1.82) is 0 Å². The van der Waals surface area contributed by atoms with Crippen LogP contribution in [-0.4, -0.2) is 37.6 Å². The molecule has 0 bridgehead atoms. The van der Waals surface area contributed by atoms with E-state index in [1.54, 1.807) is 0 Å². The van der Waals surface area contributed by atoms with Gasteiger partial charge in [0.25, 0.3) is 10.0 Å². The van der Waals surface area contributed by atoms with Gasteiger partial charge in [-0.3, -0.25) is 4.79 Å². The number of carbonyl (C=O) groups excluding carboxylic acids is 2. The van der Waals surface area contributed by atoms with Gasteiger partial charge in [-0.1, -0.05) is 64.0 Å². The molecule has 0 radical (unpaired) electrons. The monoisotopic (exact) mass is 444 g/mol. The predicted octanol–water partition coefficient (Wildman–Crippen LogP) is 5.16. The van der Waals surface area contributed by atoms with Crippen LogP contribution < -0.4 is 5.32 Å². The summed E-state index contributed by atoms with van der Waals surface area (Å²) >= 11 is 5.83. The number of rotatable bonds is 14. The molecule has 0 atom stereocenters. The third kappa shape index (κ3) is 9.17. The molecule has 2 amide bonds. The van der Waals surface area contributed by atoms with E-state index in [1.807, 2.05) is 6.92 Å². The van der Waals surface area contributed by atoms with Gasteiger partial charge in [-0.25, -0.2) is 17.5 Å². The lowest BCUT2D eigenvalue weighted by molar-refractivity contribution is -0.119. The van der Waals surface area contributed by atoms with E-state index in [2.05, 4.69) is 12.2 Å². The van der Waals surface area contributed by atoms with Crippen LogP contribution in [0.25, 0.3) is 0 Å². The van der Waals surface area contributed by atoms with Gasteiger partial charge in [-0.05, 0) is 37.1 Å². The van der Waals surface area contributed by atoms with Gasteiger partial charge >= 0.3 is 6.03 Å². The van der Waals surface area contributed by atoms with E-state index in [9.17, 15) is 18.0 Å². The van der Waals surface area contributed by atoms with E-state index in [0.717, 1.165) is 19.3 Å². The summed E-state index contributed by atoms with van der Waals surface area (Å²) in [5.41, 5.74) is 0. The summed E-state index contributed by atoms with van der Waals surface area (Å²) in [6, 6.07) is 4.76. The quantitative estimate of drug-likeness (QED) is 0.401. The lowest BCUT2D eigenvalue weighted by Gasteiger charge is -2.22. The van der Waals surface area contributed by atoms with E-state index in [0.29, 0.717) is 28.7 Å². The van der Waals surface area contributed by atoms with Crippen molar-refractivity contribution < 1.29 is 18.0 Å². The van der Waals surface area contributed by atoms with Crippen LogP contribution in [0.15, 0.2) is 29.2 Å². The summed E-state index contributed by atoms with van der Waals surface area (Å²) in [6.45, 7) is 3.90. The first-order valence-corrected chi connectivity index (χ1v) is 12.2. The molecular formula is C21H33ClN2O4S. The second kappa shape index (κ2) is 13.6. The molecule has 0 fully saturated rings. The van der Waals surface area contributed by atoms with Gasteiger partial charge in [0.15, 0.2) is 5.78 Å². The van der Waals surface area contributed by atoms with Gasteiger partial charge in [-0.15, -0.1) is 0 Å². The third-order valence-electron chi connectivity index (χ3n) is 4.53.